The van der Waals surface area contributed by atoms with Crippen LogP contribution in [0.3, 0.4) is 0 Å². The zero-order valence-corrected chi connectivity index (χ0v) is 15.9. The quantitative estimate of drug-likeness (QED) is 0.721. The highest BCUT2D eigenvalue weighted by Gasteiger charge is 2.17. The number of thiazole rings is 1. The summed E-state index contributed by atoms with van der Waals surface area (Å²) in [5.41, 5.74) is 1.83. The second-order valence-electron chi connectivity index (χ2n) is 5.45. The number of aryl methyl sites for hydroxylation is 1. The molecule has 0 bridgehead atoms. The fourth-order valence-electron chi connectivity index (χ4n) is 2.05. The van der Waals surface area contributed by atoms with Gasteiger partial charge in [-0.05, 0) is 37.3 Å². The van der Waals surface area contributed by atoms with Crippen molar-refractivity contribution in [2.24, 2.45) is 0 Å². The van der Waals surface area contributed by atoms with E-state index < -0.39 is 17.8 Å². The molecule has 25 heavy (non-hydrogen) atoms. The molecule has 0 aliphatic rings. The lowest BCUT2D eigenvalue weighted by Gasteiger charge is -2.15. The molecule has 0 spiro atoms. The van der Waals surface area contributed by atoms with E-state index in [0.717, 1.165) is 15.7 Å². The Labute approximate surface area is 154 Å². The zero-order valence-electron chi connectivity index (χ0n) is 14.3. The van der Waals surface area contributed by atoms with E-state index in [1.54, 1.807) is 31.7 Å². The molecule has 0 saturated heterocycles. The summed E-state index contributed by atoms with van der Waals surface area (Å²) in [6, 6.07) is 3.43. The monoisotopic (exact) mass is 381 g/mol. The Hall–Kier alpha value is -1.93. The molecule has 1 atom stereocenters. The van der Waals surface area contributed by atoms with Gasteiger partial charge in [0.05, 0.1) is 12.1 Å². The highest BCUT2D eigenvalue weighted by atomic mass is 32.2. The van der Waals surface area contributed by atoms with E-state index in [-0.39, 0.29) is 12.3 Å². The SMILES string of the molecule is CCSc1nc(CC(=O)N[C@H](C)C(=O)Nc2cc(F)ccc2C)cs1. The fourth-order valence-corrected chi connectivity index (χ4v) is 3.79. The number of carbonyl (C=O) groups excluding carboxylic acids is 2. The summed E-state index contributed by atoms with van der Waals surface area (Å²) in [6.45, 7) is 5.40. The third-order valence-electron chi connectivity index (χ3n) is 3.37. The van der Waals surface area contributed by atoms with Gasteiger partial charge in [-0.1, -0.05) is 24.8 Å². The number of thioether (sulfide) groups is 1. The number of nitrogens with zero attached hydrogens (tertiary/aromatic N) is 1. The van der Waals surface area contributed by atoms with Gasteiger partial charge in [0.2, 0.25) is 11.8 Å². The van der Waals surface area contributed by atoms with Crippen LogP contribution in [0.2, 0.25) is 0 Å². The molecule has 2 amide bonds. The Bertz CT molecular complexity index is 764. The van der Waals surface area contributed by atoms with Crippen LogP contribution in [0.15, 0.2) is 27.9 Å². The summed E-state index contributed by atoms with van der Waals surface area (Å²) in [5.74, 6) is -0.183. The van der Waals surface area contributed by atoms with Crippen LogP contribution in [0.25, 0.3) is 0 Å². The normalized spacial score (nSPS) is 11.8. The molecular weight excluding hydrogens is 361 g/mol. The molecule has 5 nitrogen and oxygen atoms in total. The van der Waals surface area contributed by atoms with Crippen molar-refractivity contribution < 1.29 is 14.0 Å². The van der Waals surface area contributed by atoms with Crippen LogP contribution in [0.4, 0.5) is 10.1 Å². The number of rotatable bonds is 7. The Morgan fingerprint density at radius 2 is 2.16 bits per heavy atom. The maximum Gasteiger partial charge on any atom is 0.246 e. The molecule has 2 rings (SSSR count). The molecule has 2 aromatic rings. The summed E-state index contributed by atoms with van der Waals surface area (Å²) in [4.78, 5) is 28.6. The van der Waals surface area contributed by atoms with Gasteiger partial charge in [-0.3, -0.25) is 9.59 Å². The zero-order chi connectivity index (χ0) is 18.4. The minimum Gasteiger partial charge on any atom is -0.344 e. The molecule has 134 valence electrons. The predicted octanol–water partition coefficient (Wildman–Crippen LogP) is 3.39. The van der Waals surface area contributed by atoms with Crippen molar-refractivity contribution in [3.05, 3.63) is 40.7 Å². The molecule has 0 saturated carbocycles. The van der Waals surface area contributed by atoms with E-state index in [4.69, 9.17) is 0 Å². The summed E-state index contributed by atoms with van der Waals surface area (Å²) >= 11 is 3.13. The Balaban J connectivity index is 1.89. The summed E-state index contributed by atoms with van der Waals surface area (Å²) in [7, 11) is 0. The van der Waals surface area contributed by atoms with Crippen LogP contribution >= 0.6 is 23.1 Å². The largest absolute Gasteiger partial charge is 0.344 e. The lowest BCUT2D eigenvalue weighted by atomic mass is 10.2. The number of benzene rings is 1. The number of nitrogens with one attached hydrogen (secondary N) is 2. The lowest BCUT2D eigenvalue weighted by Crippen LogP contribution is -2.42. The first kappa shape index (κ1) is 19.4. The standard InChI is InChI=1S/C17H20FN3O2S2/c1-4-24-17-20-13(9-25-17)8-15(22)19-11(3)16(23)21-14-7-12(18)6-5-10(14)2/h5-7,9,11H,4,8H2,1-3H3,(H,19,22)(H,21,23)/t11-/m1/s1. The molecule has 2 N–H and O–H groups in total. The Kier molecular flexibility index (Phi) is 6.95. The number of carbonyl (C=O) groups is 2. The van der Waals surface area contributed by atoms with Crippen LogP contribution in [0, 0.1) is 12.7 Å². The van der Waals surface area contributed by atoms with Crippen LogP contribution in [-0.4, -0.2) is 28.6 Å². The molecule has 0 aliphatic heterocycles. The van der Waals surface area contributed by atoms with E-state index in [0.29, 0.717) is 11.4 Å². The van der Waals surface area contributed by atoms with Crippen LogP contribution in [0.5, 0.6) is 0 Å². The van der Waals surface area contributed by atoms with Crippen molar-refractivity contribution in [3.63, 3.8) is 0 Å². The van der Waals surface area contributed by atoms with E-state index >= 15 is 0 Å². The molecule has 0 fully saturated rings. The van der Waals surface area contributed by atoms with Crippen molar-refractivity contribution in [1.29, 1.82) is 0 Å². The van der Waals surface area contributed by atoms with Crippen molar-refractivity contribution in [1.82, 2.24) is 10.3 Å². The summed E-state index contributed by atoms with van der Waals surface area (Å²) in [6.07, 6.45) is 0.122. The lowest BCUT2D eigenvalue weighted by molar-refractivity contribution is -0.125. The molecule has 0 radical (unpaired) electrons. The molecule has 1 aromatic heterocycles. The van der Waals surface area contributed by atoms with Crippen LogP contribution in [0.1, 0.15) is 25.1 Å². The van der Waals surface area contributed by atoms with Crippen LogP contribution < -0.4 is 10.6 Å². The predicted molar refractivity (Wildman–Crippen MR) is 99.6 cm³/mol. The number of halogens is 1. The number of hydrogen-bond acceptors (Lipinski definition) is 5. The third-order valence-corrected chi connectivity index (χ3v) is 5.32. The first-order valence-electron chi connectivity index (χ1n) is 7.82. The van der Waals surface area contributed by atoms with E-state index in [1.807, 2.05) is 12.3 Å². The third kappa shape index (κ3) is 5.82. The van der Waals surface area contributed by atoms with Gasteiger partial charge < -0.3 is 10.6 Å². The second kappa shape index (κ2) is 8.96. The molecular formula is C17H20FN3O2S2. The first-order valence-corrected chi connectivity index (χ1v) is 9.69. The van der Waals surface area contributed by atoms with Gasteiger partial charge in [0.15, 0.2) is 0 Å². The molecule has 0 unspecified atom stereocenters. The van der Waals surface area contributed by atoms with Crippen molar-refractivity contribution in [2.75, 3.05) is 11.1 Å². The minimum atomic E-state index is -0.738. The second-order valence-corrected chi connectivity index (χ2v) is 7.82. The molecule has 1 aromatic carbocycles. The van der Waals surface area contributed by atoms with Gasteiger partial charge in [0, 0.05) is 11.1 Å². The maximum absolute atomic E-state index is 13.3. The first-order chi connectivity index (χ1) is 11.9. The molecule has 8 heteroatoms. The van der Waals surface area contributed by atoms with Crippen molar-refractivity contribution in [2.45, 2.75) is 37.6 Å². The topological polar surface area (TPSA) is 71.1 Å². The highest BCUT2D eigenvalue weighted by molar-refractivity contribution is 8.00. The van der Waals surface area contributed by atoms with Crippen molar-refractivity contribution >= 4 is 40.6 Å². The van der Waals surface area contributed by atoms with E-state index in [2.05, 4.69) is 15.6 Å². The maximum atomic E-state index is 13.3. The highest BCUT2D eigenvalue weighted by Crippen LogP contribution is 2.22. The number of amides is 2. The fraction of sp³-hybridized carbons (Fsp3) is 0.353. The summed E-state index contributed by atoms with van der Waals surface area (Å²) < 4.78 is 14.2. The minimum absolute atomic E-state index is 0.122. The van der Waals surface area contributed by atoms with E-state index in [9.17, 15) is 14.0 Å². The van der Waals surface area contributed by atoms with E-state index in [1.165, 1.54) is 23.5 Å². The van der Waals surface area contributed by atoms with Gasteiger partial charge in [-0.15, -0.1) is 11.3 Å². The molecule has 0 aliphatic carbocycles. The van der Waals surface area contributed by atoms with Gasteiger partial charge in [0.25, 0.3) is 0 Å². The summed E-state index contributed by atoms with van der Waals surface area (Å²) in [5, 5.41) is 7.11. The van der Waals surface area contributed by atoms with Crippen molar-refractivity contribution in [3.8, 4) is 0 Å². The smallest absolute Gasteiger partial charge is 0.246 e. The van der Waals surface area contributed by atoms with Gasteiger partial charge >= 0.3 is 0 Å². The number of hydrogen-bond donors (Lipinski definition) is 2. The Morgan fingerprint density at radius 1 is 1.40 bits per heavy atom. The van der Waals surface area contributed by atoms with Gasteiger partial charge in [0.1, 0.15) is 16.2 Å². The average Bonchev–Trinajstić information content (AvgIpc) is 2.98. The number of aromatic nitrogens is 1. The Morgan fingerprint density at radius 3 is 2.88 bits per heavy atom. The van der Waals surface area contributed by atoms with Gasteiger partial charge in [-0.25, -0.2) is 9.37 Å². The molecule has 1 heterocycles. The van der Waals surface area contributed by atoms with Gasteiger partial charge in [-0.2, -0.15) is 0 Å². The average molecular weight is 381 g/mol. The van der Waals surface area contributed by atoms with Crippen LogP contribution in [-0.2, 0) is 16.0 Å². The number of anilines is 1.